The number of nitrogens with zero attached hydrogens (tertiary/aromatic N) is 2. The number of halogens is 3. The fourth-order valence-electron chi connectivity index (χ4n) is 5.97. The number of alkyl halides is 3. The van der Waals surface area contributed by atoms with Crippen molar-refractivity contribution >= 4 is 35.2 Å². The van der Waals surface area contributed by atoms with Crippen LogP contribution in [0.5, 0.6) is 0 Å². The summed E-state index contributed by atoms with van der Waals surface area (Å²) in [6.07, 6.45) is -1.07. The van der Waals surface area contributed by atoms with E-state index in [4.69, 9.17) is 0 Å². The Labute approximate surface area is 222 Å². The predicted octanol–water partition coefficient (Wildman–Crippen LogP) is 5.48. The van der Waals surface area contributed by atoms with E-state index in [0.29, 0.717) is 5.69 Å². The summed E-state index contributed by atoms with van der Waals surface area (Å²) >= 11 is 0. The van der Waals surface area contributed by atoms with Crippen molar-refractivity contribution in [2.24, 2.45) is 11.8 Å². The number of imide groups is 1. The summed E-state index contributed by atoms with van der Waals surface area (Å²) in [7, 11) is 0. The number of carbonyl (C=O) groups is 3. The van der Waals surface area contributed by atoms with Crippen molar-refractivity contribution in [2.75, 3.05) is 10.2 Å². The molecular formula is C30H24F3N3O3. The van der Waals surface area contributed by atoms with E-state index in [0.717, 1.165) is 39.3 Å². The number of anilines is 2. The van der Waals surface area contributed by atoms with Gasteiger partial charge in [0, 0.05) is 11.9 Å². The van der Waals surface area contributed by atoms with Crippen LogP contribution in [0.15, 0.2) is 72.9 Å². The van der Waals surface area contributed by atoms with Crippen molar-refractivity contribution < 1.29 is 27.6 Å². The van der Waals surface area contributed by atoms with Gasteiger partial charge in [0.2, 0.25) is 17.7 Å². The van der Waals surface area contributed by atoms with Crippen molar-refractivity contribution in [3.8, 4) is 0 Å². The Hall–Kier alpha value is -4.40. The van der Waals surface area contributed by atoms with Gasteiger partial charge < -0.3 is 10.2 Å². The Balaban J connectivity index is 1.42. The topological polar surface area (TPSA) is 69.7 Å². The van der Waals surface area contributed by atoms with Gasteiger partial charge in [-0.2, -0.15) is 13.2 Å². The smallest absolute Gasteiger partial charge is 0.357 e. The zero-order valence-corrected chi connectivity index (χ0v) is 21.1. The number of amides is 3. The Bertz CT molecular complexity index is 1560. The summed E-state index contributed by atoms with van der Waals surface area (Å²) in [4.78, 5) is 44.5. The third-order valence-corrected chi connectivity index (χ3v) is 7.94. The third-order valence-electron chi connectivity index (χ3n) is 7.94. The fourth-order valence-corrected chi connectivity index (χ4v) is 5.97. The number of rotatable bonds is 3. The van der Waals surface area contributed by atoms with Gasteiger partial charge in [0.15, 0.2) is 0 Å². The van der Waals surface area contributed by atoms with Gasteiger partial charge >= 0.3 is 6.18 Å². The first-order chi connectivity index (χ1) is 18.6. The van der Waals surface area contributed by atoms with E-state index in [2.05, 4.69) is 5.32 Å². The summed E-state index contributed by atoms with van der Waals surface area (Å²) in [6, 6.07) is 15.5. The first-order valence-electron chi connectivity index (χ1n) is 12.5. The van der Waals surface area contributed by atoms with Crippen LogP contribution in [0.1, 0.15) is 33.9 Å². The zero-order chi connectivity index (χ0) is 27.6. The molecule has 0 aromatic heterocycles. The van der Waals surface area contributed by atoms with Crippen LogP contribution >= 0.6 is 0 Å². The molecule has 3 aromatic carbocycles. The molecule has 0 spiro atoms. The van der Waals surface area contributed by atoms with E-state index in [-0.39, 0.29) is 5.69 Å². The molecule has 3 heterocycles. The van der Waals surface area contributed by atoms with Gasteiger partial charge in [-0.15, -0.1) is 0 Å². The predicted molar refractivity (Wildman–Crippen MR) is 139 cm³/mol. The number of nitrogens with one attached hydrogen (secondary N) is 1. The maximum Gasteiger partial charge on any atom is 0.416 e. The molecule has 2 saturated heterocycles. The summed E-state index contributed by atoms with van der Waals surface area (Å²) in [5.74, 6) is -3.42. The van der Waals surface area contributed by atoms with Crippen molar-refractivity contribution in [1.82, 2.24) is 4.90 Å². The van der Waals surface area contributed by atoms with Crippen molar-refractivity contribution in [1.29, 1.82) is 0 Å². The Morgan fingerprint density at radius 2 is 1.62 bits per heavy atom. The van der Waals surface area contributed by atoms with Crippen LogP contribution in [0.4, 0.5) is 24.5 Å². The molecule has 3 aromatic rings. The highest BCUT2D eigenvalue weighted by Crippen LogP contribution is 2.53. The molecule has 0 radical (unpaired) electrons. The minimum atomic E-state index is -4.58. The fraction of sp³-hybridized carbons (Fsp3) is 0.233. The van der Waals surface area contributed by atoms with Gasteiger partial charge in [-0.05, 0) is 72.5 Å². The largest absolute Gasteiger partial charge is 0.416 e. The maximum atomic E-state index is 13.9. The van der Waals surface area contributed by atoms with Gasteiger partial charge in [-0.3, -0.25) is 14.4 Å². The molecule has 9 heteroatoms. The SMILES string of the molecule is Cc1ccc(N2C(=O)[C@@H]3[C@H](C2=O)[C@@H]2c4ccccc4C=CN2[C@H]3C(=O)Nc2cccc(C(F)(F)F)c2)cc1C. The number of hydrogen-bond acceptors (Lipinski definition) is 4. The number of hydrogen-bond donors (Lipinski definition) is 1. The molecule has 0 saturated carbocycles. The normalized spacial score (nSPS) is 23.5. The lowest BCUT2D eigenvalue weighted by Gasteiger charge is -2.35. The summed E-state index contributed by atoms with van der Waals surface area (Å²) < 4.78 is 39.8. The van der Waals surface area contributed by atoms with Crippen molar-refractivity contribution in [3.05, 3.63) is 101 Å². The number of carbonyl (C=O) groups excluding carboxylic acids is 3. The lowest BCUT2D eigenvalue weighted by atomic mass is 9.84. The van der Waals surface area contributed by atoms with Crippen LogP contribution in [-0.2, 0) is 20.6 Å². The number of aryl methyl sites for hydroxylation is 2. The lowest BCUT2D eigenvalue weighted by molar-refractivity contribution is -0.137. The first-order valence-corrected chi connectivity index (χ1v) is 12.5. The second-order valence-electron chi connectivity index (χ2n) is 10.2. The monoisotopic (exact) mass is 531 g/mol. The highest BCUT2D eigenvalue weighted by Gasteiger charge is 2.64. The second-order valence-corrected chi connectivity index (χ2v) is 10.2. The molecule has 1 N–H and O–H groups in total. The van der Waals surface area contributed by atoms with Crippen LogP contribution < -0.4 is 10.2 Å². The van der Waals surface area contributed by atoms with E-state index in [1.807, 2.05) is 50.3 Å². The third kappa shape index (κ3) is 3.91. The molecule has 3 aliphatic rings. The molecule has 6 rings (SSSR count). The molecule has 3 amide bonds. The molecule has 39 heavy (non-hydrogen) atoms. The van der Waals surface area contributed by atoms with Gasteiger partial charge in [0.05, 0.1) is 29.1 Å². The molecule has 0 aliphatic carbocycles. The Morgan fingerprint density at radius 1 is 0.872 bits per heavy atom. The quantitative estimate of drug-likeness (QED) is 0.455. The molecule has 0 unspecified atom stereocenters. The van der Waals surface area contributed by atoms with Crippen LogP contribution in [0.2, 0.25) is 0 Å². The summed E-state index contributed by atoms with van der Waals surface area (Å²) in [5, 5.41) is 2.58. The van der Waals surface area contributed by atoms with Crippen LogP contribution in [0.3, 0.4) is 0 Å². The van der Waals surface area contributed by atoms with Gasteiger partial charge in [-0.1, -0.05) is 36.4 Å². The van der Waals surface area contributed by atoms with Gasteiger partial charge in [0.25, 0.3) is 0 Å². The van der Waals surface area contributed by atoms with E-state index in [9.17, 15) is 27.6 Å². The second kappa shape index (κ2) is 8.83. The standard InChI is InChI=1S/C30H24F3N3O3/c1-16-10-11-21(14-17(16)2)36-28(38)23-24(29(36)39)26(35-13-12-18-6-3-4-9-22(18)25(23)35)27(37)34-20-8-5-7-19(15-20)30(31,32)33/h3-15,23-26H,1-2H3,(H,34,37)/t23-,24+,25-,26+/m0/s1. The average molecular weight is 532 g/mol. The van der Waals surface area contributed by atoms with E-state index in [1.165, 1.54) is 12.1 Å². The molecule has 6 nitrogen and oxygen atoms in total. The Morgan fingerprint density at radius 3 is 2.36 bits per heavy atom. The lowest BCUT2D eigenvalue weighted by Crippen LogP contribution is -2.46. The molecule has 4 atom stereocenters. The van der Waals surface area contributed by atoms with E-state index < -0.39 is 53.4 Å². The average Bonchev–Trinajstić information content (AvgIpc) is 3.38. The van der Waals surface area contributed by atoms with Crippen molar-refractivity contribution in [3.63, 3.8) is 0 Å². The van der Waals surface area contributed by atoms with Gasteiger partial charge in [-0.25, -0.2) is 4.90 Å². The highest BCUT2D eigenvalue weighted by atomic mass is 19.4. The van der Waals surface area contributed by atoms with Crippen molar-refractivity contribution in [2.45, 2.75) is 32.1 Å². The molecule has 3 aliphatic heterocycles. The summed E-state index contributed by atoms with van der Waals surface area (Å²) in [6.45, 7) is 3.82. The molecule has 2 fully saturated rings. The minimum Gasteiger partial charge on any atom is -0.357 e. The minimum absolute atomic E-state index is 0.0426. The molecule has 198 valence electrons. The van der Waals surface area contributed by atoms with Crippen LogP contribution in [-0.4, -0.2) is 28.7 Å². The highest BCUT2D eigenvalue weighted by molar-refractivity contribution is 6.24. The Kier molecular flexibility index (Phi) is 5.64. The summed E-state index contributed by atoms with van der Waals surface area (Å²) in [5.41, 5.74) is 3.10. The maximum absolute atomic E-state index is 13.9. The van der Waals surface area contributed by atoms with Crippen LogP contribution in [0, 0.1) is 25.7 Å². The number of benzene rings is 3. The van der Waals surface area contributed by atoms with Gasteiger partial charge in [0.1, 0.15) is 6.04 Å². The number of fused-ring (bicyclic) bond motifs is 5. The van der Waals surface area contributed by atoms with E-state index >= 15 is 0 Å². The van der Waals surface area contributed by atoms with Crippen LogP contribution in [0.25, 0.3) is 6.08 Å². The molecule has 0 bridgehead atoms. The zero-order valence-electron chi connectivity index (χ0n) is 21.1. The first kappa shape index (κ1) is 24.9. The van der Waals surface area contributed by atoms with E-state index in [1.54, 1.807) is 23.2 Å². The molecular weight excluding hydrogens is 507 g/mol.